The molecule has 3 rings (SSSR count). The van der Waals surface area contributed by atoms with Crippen LogP contribution in [0.3, 0.4) is 0 Å². The van der Waals surface area contributed by atoms with Crippen LogP contribution in [0.15, 0.2) is 35.7 Å². The van der Waals surface area contributed by atoms with Gasteiger partial charge < -0.3 is 5.32 Å². The minimum Gasteiger partial charge on any atom is -0.325 e. The minimum atomic E-state index is -0.358. The first kappa shape index (κ1) is 14.6. The highest BCUT2D eigenvalue weighted by atomic mass is 35.5. The van der Waals surface area contributed by atoms with E-state index < -0.39 is 0 Å². The Kier molecular flexibility index (Phi) is 4.05. The first-order valence-electron chi connectivity index (χ1n) is 7.23. The molecule has 21 heavy (non-hydrogen) atoms. The fraction of sp³-hybridized carbons (Fsp3) is 0.353. The number of anilines is 1. The maximum Gasteiger partial charge on any atom is 0.235 e. The number of nitrogens with one attached hydrogen (secondary N) is 1. The average Bonchev–Trinajstić information content (AvgIpc) is 3.13. The van der Waals surface area contributed by atoms with Gasteiger partial charge >= 0.3 is 0 Å². The Balaban J connectivity index is 1.91. The molecule has 1 aliphatic rings. The topological polar surface area (TPSA) is 29.1 Å². The van der Waals surface area contributed by atoms with Gasteiger partial charge in [-0.15, -0.1) is 11.3 Å². The lowest BCUT2D eigenvalue weighted by molar-refractivity contribution is -0.121. The van der Waals surface area contributed by atoms with Crippen LogP contribution in [-0.4, -0.2) is 5.91 Å². The SMILES string of the molecule is Cc1ccc(Cl)cc1NC(=O)C1(c2cccs2)CCCC1. The van der Waals surface area contributed by atoms with Crippen LogP contribution in [0.4, 0.5) is 5.69 Å². The van der Waals surface area contributed by atoms with Crippen LogP contribution in [-0.2, 0) is 10.2 Å². The third-order valence-corrected chi connectivity index (χ3v) is 5.64. The molecule has 110 valence electrons. The monoisotopic (exact) mass is 319 g/mol. The summed E-state index contributed by atoms with van der Waals surface area (Å²) in [6.45, 7) is 1.98. The summed E-state index contributed by atoms with van der Waals surface area (Å²) < 4.78 is 0. The van der Waals surface area contributed by atoms with Crippen LogP contribution in [0.25, 0.3) is 0 Å². The Hall–Kier alpha value is -1.32. The molecule has 2 aromatic rings. The summed E-state index contributed by atoms with van der Waals surface area (Å²) in [4.78, 5) is 14.1. The van der Waals surface area contributed by atoms with E-state index in [1.165, 1.54) is 4.88 Å². The first-order valence-corrected chi connectivity index (χ1v) is 8.49. The van der Waals surface area contributed by atoms with E-state index in [9.17, 15) is 4.79 Å². The number of aryl methyl sites for hydroxylation is 1. The van der Waals surface area contributed by atoms with Gasteiger partial charge in [0.2, 0.25) is 5.91 Å². The van der Waals surface area contributed by atoms with Crippen molar-refractivity contribution in [3.63, 3.8) is 0 Å². The Labute approximate surface area is 134 Å². The zero-order valence-electron chi connectivity index (χ0n) is 12.0. The molecule has 2 nitrogen and oxygen atoms in total. The van der Waals surface area contributed by atoms with E-state index in [4.69, 9.17) is 11.6 Å². The van der Waals surface area contributed by atoms with Crippen LogP contribution in [0.1, 0.15) is 36.1 Å². The fourth-order valence-corrected chi connectivity index (χ4v) is 4.24. The zero-order valence-corrected chi connectivity index (χ0v) is 13.6. The molecule has 1 aromatic carbocycles. The molecule has 1 saturated carbocycles. The lowest BCUT2D eigenvalue weighted by atomic mass is 9.83. The van der Waals surface area contributed by atoms with Crippen molar-refractivity contribution in [2.75, 3.05) is 5.32 Å². The molecule has 1 aliphatic carbocycles. The molecule has 1 fully saturated rings. The highest BCUT2D eigenvalue weighted by molar-refractivity contribution is 7.10. The average molecular weight is 320 g/mol. The van der Waals surface area contributed by atoms with Crippen molar-refractivity contribution >= 4 is 34.5 Å². The molecule has 0 atom stereocenters. The maximum absolute atomic E-state index is 13.0. The summed E-state index contributed by atoms with van der Waals surface area (Å²) in [6.07, 6.45) is 4.08. The molecule has 4 heteroatoms. The number of halogens is 1. The van der Waals surface area contributed by atoms with E-state index in [1.54, 1.807) is 11.3 Å². The summed E-state index contributed by atoms with van der Waals surface area (Å²) in [5.41, 5.74) is 1.49. The van der Waals surface area contributed by atoms with E-state index in [1.807, 2.05) is 36.6 Å². The Morgan fingerprint density at radius 2 is 2.05 bits per heavy atom. The Bertz CT molecular complexity index is 645. The van der Waals surface area contributed by atoms with Gasteiger partial charge in [0.15, 0.2) is 0 Å². The van der Waals surface area contributed by atoms with Gasteiger partial charge in [-0.3, -0.25) is 4.79 Å². The smallest absolute Gasteiger partial charge is 0.235 e. The summed E-state index contributed by atoms with van der Waals surface area (Å²) in [7, 11) is 0. The second-order valence-corrected chi connectivity index (χ2v) is 7.06. The van der Waals surface area contributed by atoms with Crippen molar-refractivity contribution in [1.82, 2.24) is 0 Å². The predicted molar refractivity (Wildman–Crippen MR) is 89.3 cm³/mol. The molecule has 1 heterocycles. The Morgan fingerprint density at radius 3 is 2.71 bits per heavy atom. The highest BCUT2D eigenvalue weighted by Gasteiger charge is 2.43. The highest BCUT2D eigenvalue weighted by Crippen LogP contribution is 2.44. The first-order chi connectivity index (χ1) is 10.1. The van der Waals surface area contributed by atoms with Crippen LogP contribution in [0.5, 0.6) is 0 Å². The normalized spacial score (nSPS) is 16.9. The molecule has 1 amide bonds. The van der Waals surface area contributed by atoms with Crippen molar-refractivity contribution in [2.24, 2.45) is 0 Å². The molecule has 1 aromatic heterocycles. The predicted octanol–water partition coefficient (Wildman–Crippen LogP) is 5.16. The van der Waals surface area contributed by atoms with E-state index in [0.29, 0.717) is 5.02 Å². The van der Waals surface area contributed by atoms with Crippen molar-refractivity contribution in [2.45, 2.75) is 38.0 Å². The maximum atomic E-state index is 13.0. The van der Waals surface area contributed by atoms with Gasteiger partial charge in [-0.2, -0.15) is 0 Å². The molecule has 0 aliphatic heterocycles. The summed E-state index contributed by atoms with van der Waals surface area (Å²) in [5, 5.41) is 5.80. The number of thiophene rings is 1. The number of hydrogen-bond donors (Lipinski definition) is 1. The van der Waals surface area contributed by atoms with Crippen LogP contribution < -0.4 is 5.32 Å². The van der Waals surface area contributed by atoms with E-state index in [0.717, 1.165) is 36.9 Å². The van der Waals surface area contributed by atoms with Crippen molar-refractivity contribution in [3.05, 3.63) is 51.2 Å². The zero-order chi connectivity index (χ0) is 14.9. The quantitative estimate of drug-likeness (QED) is 0.831. The fourth-order valence-electron chi connectivity index (χ4n) is 3.09. The van der Waals surface area contributed by atoms with Gasteiger partial charge in [0.25, 0.3) is 0 Å². The van der Waals surface area contributed by atoms with Crippen molar-refractivity contribution < 1.29 is 4.79 Å². The lowest BCUT2D eigenvalue weighted by Gasteiger charge is -2.27. The van der Waals surface area contributed by atoms with Crippen molar-refractivity contribution in [1.29, 1.82) is 0 Å². The van der Waals surface area contributed by atoms with E-state index >= 15 is 0 Å². The van der Waals surface area contributed by atoms with Gasteiger partial charge in [0, 0.05) is 15.6 Å². The molecular weight excluding hydrogens is 302 g/mol. The minimum absolute atomic E-state index is 0.104. The summed E-state index contributed by atoms with van der Waals surface area (Å²) in [5.74, 6) is 0.104. The van der Waals surface area contributed by atoms with Crippen molar-refractivity contribution in [3.8, 4) is 0 Å². The van der Waals surface area contributed by atoms with Gasteiger partial charge in [0.1, 0.15) is 0 Å². The van der Waals surface area contributed by atoms with Crippen LogP contribution in [0, 0.1) is 6.92 Å². The van der Waals surface area contributed by atoms with E-state index in [-0.39, 0.29) is 11.3 Å². The summed E-state index contributed by atoms with van der Waals surface area (Å²) in [6, 6.07) is 9.71. The van der Waals surface area contributed by atoms with Gasteiger partial charge in [-0.05, 0) is 48.9 Å². The molecule has 0 saturated heterocycles. The lowest BCUT2D eigenvalue weighted by Crippen LogP contribution is -2.37. The Morgan fingerprint density at radius 1 is 1.29 bits per heavy atom. The largest absolute Gasteiger partial charge is 0.325 e. The second-order valence-electron chi connectivity index (χ2n) is 5.68. The number of carbonyl (C=O) groups excluding carboxylic acids is 1. The van der Waals surface area contributed by atoms with Gasteiger partial charge in [0.05, 0.1) is 5.41 Å². The molecule has 0 spiro atoms. The number of carbonyl (C=O) groups is 1. The standard InChI is InChI=1S/C17H18ClNOS/c1-12-6-7-13(18)11-14(12)19-16(20)17(8-2-3-9-17)15-5-4-10-21-15/h4-7,10-11H,2-3,8-9H2,1H3,(H,19,20). The molecule has 1 N–H and O–H groups in total. The third kappa shape index (κ3) is 2.72. The molecule has 0 bridgehead atoms. The van der Waals surface area contributed by atoms with Gasteiger partial charge in [-0.25, -0.2) is 0 Å². The number of hydrogen-bond acceptors (Lipinski definition) is 2. The van der Waals surface area contributed by atoms with Gasteiger partial charge in [-0.1, -0.05) is 36.6 Å². The number of amides is 1. The third-order valence-electron chi connectivity index (χ3n) is 4.33. The number of rotatable bonds is 3. The molecular formula is C17H18ClNOS. The number of benzene rings is 1. The van der Waals surface area contributed by atoms with Crippen LogP contribution in [0.2, 0.25) is 5.02 Å². The van der Waals surface area contributed by atoms with E-state index in [2.05, 4.69) is 11.4 Å². The summed E-state index contributed by atoms with van der Waals surface area (Å²) >= 11 is 7.72. The van der Waals surface area contributed by atoms with Crippen LogP contribution >= 0.6 is 22.9 Å². The second kappa shape index (κ2) is 5.82. The molecule has 0 unspecified atom stereocenters. The molecule has 0 radical (unpaired) electrons.